The minimum absolute atomic E-state index is 0.0762. The number of aryl methyl sites for hydroxylation is 2. The van der Waals surface area contributed by atoms with Crippen LogP contribution in [-0.2, 0) is 11.2 Å². The highest BCUT2D eigenvalue weighted by Gasteiger charge is 2.28. The molecule has 0 radical (unpaired) electrons. The van der Waals surface area contributed by atoms with Crippen molar-refractivity contribution < 1.29 is 4.79 Å². The van der Waals surface area contributed by atoms with Crippen molar-refractivity contribution in [2.75, 3.05) is 36.4 Å². The summed E-state index contributed by atoms with van der Waals surface area (Å²) < 4.78 is 0. The van der Waals surface area contributed by atoms with Crippen molar-refractivity contribution in [3.8, 4) is 0 Å². The summed E-state index contributed by atoms with van der Waals surface area (Å²) >= 11 is 0. The molecule has 7 nitrogen and oxygen atoms in total. The summed E-state index contributed by atoms with van der Waals surface area (Å²) in [6.45, 7) is 6.73. The number of aromatic nitrogens is 3. The van der Waals surface area contributed by atoms with Gasteiger partial charge in [0.05, 0.1) is 0 Å². The third-order valence-electron chi connectivity index (χ3n) is 5.43. The first-order valence-corrected chi connectivity index (χ1v) is 10.7. The van der Waals surface area contributed by atoms with Crippen molar-refractivity contribution in [3.63, 3.8) is 0 Å². The Labute approximate surface area is 183 Å². The van der Waals surface area contributed by atoms with Crippen LogP contribution in [0.2, 0.25) is 0 Å². The van der Waals surface area contributed by atoms with Crippen LogP contribution < -0.4 is 10.2 Å². The van der Waals surface area contributed by atoms with E-state index in [1.54, 1.807) is 6.20 Å². The van der Waals surface area contributed by atoms with Gasteiger partial charge in [0.25, 0.3) is 0 Å². The standard InChI is InChI=1S/C24H28N6O/c1-18-16-19(2)27-24(26-18)28-21(17-20-8-4-3-5-9-20)23(31)30-14-12-29(13-15-30)22-10-6-7-11-25-22/h3-11,16,21H,12-15,17H2,1-2H3,(H,26,27,28)/t21-/m1/s1. The number of carbonyl (C=O) groups excluding carboxylic acids is 1. The van der Waals surface area contributed by atoms with Gasteiger partial charge in [-0.05, 0) is 37.6 Å². The van der Waals surface area contributed by atoms with E-state index in [2.05, 4.69) is 25.2 Å². The highest BCUT2D eigenvalue weighted by molar-refractivity contribution is 5.85. The Balaban J connectivity index is 1.48. The number of rotatable bonds is 6. The summed E-state index contributed by atoms with van der Waals surface area (Å²) in [6.07, 6.45) is 2.38. The monoisotopic (exact) mass is 416 g/mol. The number of hydrogen-bond donors (Lipinski definition) is 1. The average Bonchev–Trinajstić information content (AvgIpc) is 2.79. The zero-order valence-electron chi connectivity index (χ0n) is 18.0. The molecule has 1 amide bonds. The predicted octanol–water partition coefficient (Wildman–Crippen LogP) is 2.86. The Morgan fingerprint density at radius 1 is 0.968 bits per heavy atom. The van der Waals surface area contributed by atoms with E-state index in [1.165, 1.54) is 0 Å². The van der Waals surface area contributed by atoms with E-state index < -0.39 is 6.04 Å². The molecule has 0 saturated carbocycles. The largest absolute Gasteiger partial charge is 0.353 e. The number of piperazine rings is 1. The van der Waals surface area contributed by atoms with Crippen LogP contribution in [0.3, 0.4) is 0 Å². The summed E-state index contributed by atoms with van der Waals surface area (Å²) in [5.41, 5.74) is 2.86. The van der Waals surface area contributed by atoms with E-state index in [0.717, 1.165) is 35.9 Å². The number of nitrogens with one attached hydrogen (secondary N) is 1. The number of benzene rings is 1. The molecule has 1 aliphatic rings. The highest BCUT2D eigenvalue weighted by Crippen LogP contribution is 2.16. The minimum atomic E-state index is -0.426. The molecule has 2 aromatic heterocycles. The molecule has 31 heavy (non-hydrogen) atoms. The first-order valence-electron chi connectivity index (χ1n) is 10.7. The highest BCUT2D eigenvalue weighted by atomic mass is 16.2. The van der Waals surface area contributed by atoms with Crippen molar-refractivity contribution in [1.29, 1.82) is 0 Å². The van der Waals surface area contributed by atoms with Gasteiger partial charge in [-0.3, -0.25) is 4.79 Å². The molecule has 1 saturated heterocycles. The molecule has 1 aliphatic heterocycles. The zero-order chi connectivity index (χ0) is 21.6. The smallest absolute Gasteiger partial charge is 0.245 e. The van der Waals surface area contributed by atoms with Gasteiger partial charge in [0.15, 0.2) is 0 Å². The molecule has 4 rings (SSSR count). The van der Waals surface area contributed by atoms with Crippen LogP contribution in [0.1, 0.15) is 17.0 Å². The number of nitrogens with zero attached hydrogens (tertiary/aromatic N) is 5. The van der Waals surface area contributed by atoms with Crippen LogP contribution in [0.25, 0.3) is 0 Å². The Morgan fingerprint density at radius 2 is 1.65 bits per heavy atom. The third kappa shape index (κ3) is 5.36. The lowest BCUT2D eigenvalue weighted by Gasteiger charge is -2.37. The van der Waals surface area contributed by atoms with Crippen LogP contribution in [0.4, 0.5) is 11.8 Å². The number of amides is 1. The van der Waals surface area contributed by atoms with Gasteiger partial charge < -0.3 is 15.1 Å². The van der Waals surface area contributed by atoms with Crippen molar-refractivity contribution in [1.82, 2.24) is 19.9 Å². The van der Waals surface area contributed by atoms with Crippen molar-refractivity contribution in [2.45, 2.75) is 26.3 Å². The maximum absolute atomic E-state index is 13.5. The summed E-state index contributed by atoms with van der Waals surface area (Å²) in [4.78, 5) is 31.0. The normalized spacial score (nSPS) is 14.9. The molecule has 3 heterocycles. The Morgan fingerprint density at radius 3 is 2.29 bits per heavy atom. The first-order chi connectivity index (χ1) is 15.1. The predicted molar refractivity (Wildman–Crippen MR) is 122 cm³/mol. The number of pyridine rings is 1. The van der Waals surface area contributed by atoms with Gasteiger partial charge >= 0.3 is 0 Å². The van der Waals surface area contributed by atoms with Crippen LogP contribution in [0, 0.1) is 13.8 Å². The minimum Gasteiger partial charge on any atom is -0.353 e. The Bertz CT molecular complexity index is 983. The molecule has 1 aromatic carbocycles. The first kappa shape index (κ1) is 20.8. The van der Waals surface area contributed by atoms with E-state index >= 15 is 0 Å². The second-order valence-corrected chi connectivity index (χ2v) is 7.86. The van der Waals surface area contributed by atoms with Crippen molar-refractivity contribution >= 4 is 17.7 Å². The number of hydrogen-bond acceptors (Lipinski definition) is 6. The molecule has 7 heteroatoms. The fourth-order valence-corrected chi connectivity index (χ4v) is 3.91. The van der Waals surface area contributed by atoms with Crippen LogP contribution in [0.15, 0.2) is 60.8 Å². The number of anilines is 2. The van der Waals surface area contributed by atoms with Gasteiger partial charge in [-0.1, -0.05) is 36.4 Å². The molecule has 0 bridgehead atoms. The summed E-state index contributed by atoms with van der Waals surface area (Å²) in [6, 6.07) is 17.5. The molecule has 3 aromatic rings. The summed E-state index contributed by atoms with van der Waals surface area (Å²) in [5, 5.41) is 3.31. The van der Waals surface area contributed by atoms with E-state index in [0.29, 0.717) is 25.5 Å². The van der Waals surface area contributed by atoms with Gasteiger partial charge in [-0.2, -0.15) is 0 Å². The molecule has 1 atom stereocenters. The maximum Gasteiger partial charge on any atom is 0.245 e. The maximum atomic E-state index is 13.5. The summed E-state index contributed by atoms with van der Waals surface area (Å²) in [5.74, 6) is 1.53. The lowest BCUT2D eigenvalue weighted by molar-refractivity contribution is -0.132. The van der Waals surface area contributed by atoms with Crippen LogP contribution in [-0.4, -0.2) is 58.0 Å². The van der Waals surface area contributed by atoms with Crippen molar-refractivity contribution in [3.05, 3.63) is 77.7 Å². The molecule has 1 N–H and O–H groups in total. The second kappa shape index (κ2) is 9.55. The van der Waals surface area contributed by atoms with E-state index in [1.807, 2.05) is 73.3 Å². The molecule has 0 unspecified atom stereocenters. The van der Waals surface area contributed by atoms with E-state index in [9.17, 15) is 4.79 Å². The fraction of sp³-hybridized carbons (Fsp3) is 0.333. The lowest BCUT2D eigenvalue weighted by Crippen LogP contribution is -2.53. The average molecular weight is 417 g/mol. The molecular weight excluding hydrogens is 388 g/mol. The quantitative estimate of drug-likeness (QED) is 0.666. The third-order valence-corrected chi connectivity index (χ3v) is 5.43. The topological polar surface area (TPSA) is 74.2 Å². The van der Waals surface area contributed by atoms with Crippen LogP contribution >= 0.6 is 0 Å². The van der Waals surface area contributed by atoms with Gasteiger partial charge in [0, 0.05) is 50.2 Å². The van der Waals surface area contributed by atoms with Crippen LogP contribution in [0.5, 0.6) is 0 Å². The van der Waals surface area contributed by atoms with Gasteiger partial charge in [0.1, 0.15) is 11.9 Å². The Kier molecular flexibility index (Phi) is 6.40. The van der Waals surface area contributed by atoms with Crippen molar-refractivity contribution in [2.24, 2.45) is 0 Å². The van der Waals surface area contributed by atoms with E-state index in [-0.39, 0.29) is 5.91 Å². The van der Waals surface area contributed by atoms with E-state index in [4.69, 9.17) is 0 Å². The van der Waals surface area contributed by atoms with Gasteiger partial charge in [0.2, 0.25) is 11.9 Å². The SMILES string of the molecule is Cc1cc(C)nc(N[C@H](Cc2ccccc2)C(=O)N2CCN(c3ccccn3)CC2)n1. The van der Waals surface area contributed by atoms with Gasteiger partial charge in [-0.15, -0.1) is 0 Å². The van der Waals surface area contributed by atoms with Gasteiger partial charge in [-0.25, -0.2) is 15.0 Å². The molecular formula is C24H28N6O. The molecule has 1 fully saturated rings. The fourth-order valence-electron chi connectivity index (χ4n) is 3.91. The zero-order valence-corrected chi connectivity index (χ0v) is 18.0. The second-order valence-electron chi connectivity index (χ2n) is 7.86. The molecule has 0 spiro atoms. The molecule has 160 valence electrons. The Hall–Kier alpha value is -3.48. The summed E-state index contributed by atoms with van der Waals surface area (Å²) in [7, 11) is 0. The molecule has 0 aliphatic carbocycles. The lowest BCUT2D eigenvalue weighted by atomic mass is 10.0. The number of carbonyl (C=O) groups is 1.